The van der Waals surface area contributed by atoms with E-state index < -0.39 is 0 Å². The number of rotatable bonds is 13. The number of epoxide rings is 1. The first-order valence-corrected chi connectivity index (χ1v) is 8.84. The van der Waals surface area contributed by atoms with Crippen molar-refractivity contribution >= 4 is 0 Å². The van der Waals surface area contributed by atoms with E-state index >= 15 is 0 Å². The summed E-state index contributed by atoms with van der Waals surface area (Å²) in [5, 5.41) is 0. The minimum Gasteiger partial charge on any atom is -0.369 e. The van der Waals surface area contributed by atoms with Crippen LogP contribution in [0.25, 0.3) is 0 Å². The molecule has 0 spiro atoms. The van der Waals surface area contributed by atoms with Crippen LogP contribution in [0.3, 0.4) is 0 Å². The molecule has 2 unspecified atom stereocenters. The summed E-state index contributed by atoms with van der Waals surface area (Å²) in [6.45, 7) is 4.45. The van der Waals surface area contributed by atoms with Crippen molar-refractivity contribution in [2.24, 2.45) is 0 Å². The molecule has 0 bridgehead atoms. The van der Waals surface area contributed by atoms with Crippen molar-refractivity contribution in [2.45, 2.75) is 96.7 Å². The van der Waals surface area contributed by atoms with Gasteiger partial charge in [0.05, 0.1) is 12.2 Å². The fourth-order valence-electron chi connectivity index (χ4n) is 2.61. The Kier molecular flexibility index (Phi) is 10.7. The van der Waals surface area contributed by atoms with E-state index in [1.54, 1.807) is 0 Å². The molecule has 1 rings (SSSR count). The smallest absolute Gasteiger partial charge is 0.0876 e. The second kappa shape index (κ2) is 12.2. The molecule has 0 aromatic heterocycles. The van der Waals surface area contributed by atoms with E-state index in [0.717, 1.165) is 19.3 Å². The van der Waals surface area contributed by atoms with Crippen molar-refractivity contribution in [1.29, 1.82) is 0 Å². The highest BCUT2D eigenvalue weighted by atomic mass is 16.6. The largest absolute Gasteiger partial charge is 0.369 e. The molecule has 1 heteroatoms. The van der Waals surface area contributed by atoms with Crippen LogP contribution in [0.1, 0.15) is 84.5 Å². The van der Waals surface area contributed by atoms with Gasteiger partial charge in [-0.05, 0) is 25.7 Å². The highest BCUT2D eigenvalue weighted by Gasteiger charge is 2.36. The lowest BCUT2D eigenvalue weighted by molar-refractivity contribution is 0.358. The molecule has 0 aliphatic carbocycles. The Balaban J connectivity index is 1.85. The van der Waals surface area contributed by atoms with Crippen LogP contribution in [0, 0.1) is 0 Å². The first-order chi connectivity index (χ1) is 9.88. The zero-order valence-electron chi connectivity index (χ0n) is 13.7. The molecule has 1 saturated heterocycles. The van der Waals surface area contributed by atoms with Crippen molar-refractivity contribution in [1.82, 2.24) is 0 Å². The molecular weight excluding hydrogens is 244 g/mol. The molecule has 116 valence electrons. The maximum absolute atomic E-state index is 5.72. The van der Waals surface area contributed by atoms with Gasteiger partial charge in [-0.1, -0.05) is 83.1 Å². The van der Waals surface area contributed by atoms with Crippen molar-refractivity contribution < 1.29 is 4.74 Å². The van der Waals surface area contributed by atoms with Crippen LogP contribution in [0.15, 0.2) is 24.3 Å². The number of hydrogen-bond donors (Lipinski definition) is 0. The highest BCUT2D eigenvalue weighted by molar-refractivity contribution is 4.97. The lowest BCUT2D eigenvalue weighted by Crippen LogP contribution is -1.92. The highest BCUT2D eigenvalue weighted by Crippen LogP contribution is 2.30. The quantitative estimate of drug-likeness (QED) is 0.222. The maximum atomic E-state index is 5.72. The van der Waals surface area contributed by atoms with Crippen LogP contribution in [0.2, 0.25) is 0 Å². The Labute approximate surface area is 126 Å². The van der Waals surface area contributed by atoms with E-state index in [9.17, 15) is 0 Å². The van der Waals surface area contributed by atoms with Crippen molar-refractivity contribution in [2.75, 3.05) is 0 Å². The summed E-state index contributed by atoms with van der Waals surface area (Å²) in [4.78, 5) is 0. The van der Waals surface area contributed by atoms with Gasteiger partial charge in [-0.15, -0.1) is 0 Å². The van der Waals surface area contributed by atoms with Gasteiger partial charge in [-0.2, -0.15) is 0 Å². The number of unbranched alkanes of at least 4 members (excludes halogenated alkanes) is 6. The summed E-state index contributed by atoms with van der Waals surface area (Å²) in [6, 6.07) is 0. The molecule has 1 fully saturated rings. The van der Waals surface area contributed by atoms with E-state index in [2.05, 4.69) is 38.2 Å². The molecule has 1 nitrogen and oxygen atoms in total. The monoisotopic (exact) mass is 278 g/mol. The van der Waals surface area contributed by atoms with Crippen LogP contribution >= 0.6 is 0 Å². The minimum absolute atomic E-state index is 0.529. The van der Waals surface area contributed by atoms with Gasteiger partial charge in [0.25, 0.3) is 0 Å². The second-order valence-corrected chi connectivity index (χ2v) is 5.95. The first-order valence-electron chi connectivity index (χ1n) is 8.84. The molecule has 2 atom stereocenters. The summed E-state index contributed by atoms with van der Waals surface area (Å²) in [7, 11) is 0. The number of allylic oxidation sites excluding steroid dienone is 3. The normalized spacial score (nSPS) is 22.1. The molecule has 0 aromatic rings. The van der Waals surface area contributed by atoms with E-state index in [1.807, 2.05) is 0 Å². The third kappa shape index (κ3) is 9.36. The lowest BCUT2D eigenvalue weighted by atomic mass is 10.1. The van der Waals surface area contributed by atoms with E-state index in [4.69, 9.17) is 4.74 Å². The summed E-state index contributed by atoms with van der Waals surface area (Å²) in [6.07, 6.45) is 24.5. The van der Waals surface area contributed by atoms with Gasteiger partial charge in [0.1, 0.15) is 0 Å². The SMILES string of the molecule is CCC=CCC=CCC1OC1CCCCCCCCC. The van der Waals surface area contributed by atoms with Gasteiger partial charge in [0.2, 0.25) is 0 Å². The van der Waals surface area contributed by atoms with Crippen LogP contribution in [0.5, 0.6) is 0 Å². The third-order valence-corrected chi connectivity index (χ3v) is 3.99. The summed E-state index contributed by atoms with van der Waals surface area (Å²) >= 11 is 0. The Hall–Kier alpha value is -0.560. The molecule has 0 amide bonds. The van der Waals surface area contributed by atoms with E-state index in [1.165, 1.54) is 51.4 Å². The van der Waals surface area contributed by atoms with Gasteiger partial charge in [-0.3, -0.25) is 0 Å². The standard InChI is InChI=1S/C19H34O/c1-3-5-7-9-11-13-15-17-19-18(20-19)16-14-12-10-8-6-4-2/h6,8,12,14,18-19H,3-5,7,9-11,13,15-17H2,1-2H3. The summed E-state index contributed by atoms with van der Waals surface area (Å²) < 4.78 is 5.72. The predicted molar refractivity (Wildman–Crippen MR) is 89.1 cm³/mol. The van der Waals surface area contributed by atoms with Crippen molar-refractivity contribution in [3.05, 3.63) is 24.3 Å². The molecule has 0 aromatic carbocycles. The number of hydrogen-bond acceptors (Lipinski definition) is 1. The Morgan fingerprint density at radius 1 is 0.750 bits per heavy atom. The summed E-state index contributed by atoms with van der Waals surface area (Å²) in [5.74, 6) is 0. The lowest BCUT2D eigenvalue weighted by Gasteiger charge is -1.99. The predicted octanol–water partition coefficient (Wildman–Crippen LogP) is 6.20. The first kappa shape index (κ1) is 17.5. The average Bonchev–Trinajstić information content (AvgIpc) is 3.20. The maximum Gasteiger partial charge on any atom is 0.0876 e. The van der Waals surface area contributed by atoms with Gasteiger partial charge in [0, 0.05) is 0 Å². The molecule has 0 radical (unpaired) electrons. The zero-order chi connectivity index (χ0) is 14.5. The fourth-order valence-corrected chi connectivity index (χ4v) is 2.61. The molecule has 1 heterocycles. The van der Waals surface area contributed by atoms with Gasteiger partial charge < -0.3 is 4.74 Å². The Morgan fingerprint density at radius 2 is 1.45 bits per heavy atom. The second-order valence-electron chi connectivity index (χ2n) is 5.95. The summed E-state index contributed by atoms with van der Waals surface area (Å²) in [5.41, 5.74) is 0. The third-order valence-electron chi connectivity index (χ3n) is 3.99. The Morgan fingerprint density at radius 3 is 2.20 bits per heavy atom. The molecular formula is C19H34O. The molecule has 1 aliphatic heterocycles. The van der Waals surface area contributed by atoms with E-state index in [-0.39, 0.29) is 0 Å². The minimum atomic E-state index is 0.529. The molecule has 1 aliphatic rings. The van der Waals surface area contributed by atoms with Crippen LogP contribution < -0.4 is 0 Å². The number of ether oxygens (including phenoxy) is 1. The molecule has 0 saturated carbocycles. The zero-order valence-corrected chi connectivity index (χ0v) is 13.7. The van der Waals surface area contributed by atoms with Gasteiger partial charge in [-0.25, -0.2) is 0 Å². The van der Waals surface area contributed by atoms with Crippen LogP contribution in [-0.4, -0.2) is 12.2 Å². The fraction of sp³-hybridized carbons (Fsp3) is 0.789. The van der Waals surface area contributed by atoms with E-state index in [0.29, 0.717) is 12.2 Å². The molecule has 0 N–H and O–H groups in total. The van der Waals surface area contributed by atoms with Crippen molar-refractivity contribution in [3.8, 4) is 0 Å². The van der Waals surface area contributed by atoms with Crippen molar-refractivity contribution in [3.63, 3.8) is 0 Å². The Bertz CT molecular complexity index is 267. The molecule has 20 heavy (non-hydrogen) atoms. The van der Waals surface area contributed by atoms with Crippen LogP contribution in [-0.2, 0) is 4.74 Å². The topological polar surface area (TPSA) is 12.5 Å². The van der Waals surface area contributed by atoms with Gasteiger partial charge in [0.15, 0.2) is 0 Å². The van der Waals surface area contributed by atoms with Gasteiger partial charge >= 0.3 is 0 Å². The average molecular weight is 278 g/mol. The van der Waals surface area contributed by atoms with Crippen LogP contribution in [0.4, 0.5) is 0 Å².